The summed E-state index contributed by atoms with van der Waals surface area (Å²) in [5.74, 6) is -0.0936. The first-order chi connectivity index (χ1) is 14.4. The highest BCUT2D eigenvalue weighted by molar-refractivity contribution is 5.85. The smallest absolute Gasteiger partial charge is 0.406 e. The van der Waals surface area contributed by atoms with Gasteiger partial charge < -0.3 is 9.84 Å². The summed E-state index contributed by atoms with van der Waals surface area (Å²) in [7, 11) is 0. The Morgan fingerprint density at radius 2 is 1.75 bits per heavy atom. The van der Waals surface area contributed by atoms with E-state index in [0.717, 1.165) is 57.4 Å². The Kier molecular flexibility index (Phi) is 10.4. The molecule has 0 radical (unpaired) electrons. The van der Waals surface area contributed by atoms with Crippen molar-refractivity contribution < 1.29 is 23.0 Å². The van der Waals surface area contributed by atoms with Crippen LogP contribution in [0.1, 0.15) is 56.4 Å². The van der Waals surface area contributed by atoms with Crippen LogP contribution in [0.25, 0.3) is 0 Å². The van der Waals surface area contributed by atoms with E-state index >= 15 is 0 Å². The van der Waals surface area contributed by atoms with Crippen molar-refractivity contribution >= 4 is 24.8 Å². The number of nitrogens with zero attached hydrogens (tertiary/aromatic N) is 2. The number of hydrogen-bond acceptors (Lipinski definition) is 4. The molecule has 1 aliphatic carbocycles. The second-order valence-electron chi connectivity index (χ2n) is 9.19. The maximum Gasteiger partial charge on any atom is 0.573 e. The third-order valence-electron chi connectivity index (χ3n) is 7.19. The lowest BCUT2D eigenvalue weighted by Gasteiger charge is -2.46. The topological polar surface area (TPSA) is 35.9 Å². The maximum absolute atomic E-state index is 12.7. The summed E-state index contributed by atoms with van der Waals surface area (Å²) in [6, 6.07) is 7.00. The number of rotatable bonds is 5. The lowest BCUT2D eigenvalue weighted by Crippen LogP contribution is -2.55. The first-order valence-electron chi connectivity index (χ1n) is 11.4. The highest BCUT2D eigenvalue weighted by Gasteiger charge is 2.36. The van der Waals surface area contributed by atoms with E-state index in [1.165, 1.54) is 37.9 Å². The van der Waals surface area contributed by atoms with E-state index in [1.807, 2.05) is 6.07 Å². The number of piperidine rings is 1. The Labute approximate surface area is 201 Å². The zero-order chi connectivity index (χ0) is 21.1. The van der Waals surface area contributed by atoms with Crippen LogP contribution < -0.4 is 4.74 Å². The molecule has 1 N–H and O–H groups in total. The first kappa shape index (κ1) is 27.5. The van der Waals surface area contributed by atoms with Gasteiger partial charge in [0.2, 0.25) is 0 Å². The molecule has 4 rings (SSSR count). The number of alkyl halides is 3. The minimum absolute atomic E-state index is 0. The van der Waals surface area contributed by atoms with Gasteiger partial charge in [-0.25, -0.2) is 0 Å². The van der Waals surface area contributed by atoms with E-state index in [0.29, 0.717) is 6.04 Å². The first-order valence-corrected chi connectivity index (χ1v) is 11.4. The van der Waals surface area contributed by atoms with E-state index < -0.39 is 12.5 Å². The van der Waals surface area contributed by atoms with E-state index in [-0.39, 0.29) is 42.4 Å². The molecule has 3 unspecified atom stereocenters. The van der Waals surface area contributed by atoms with Crippen molar-refractivity contribution in [1.82, 2.24) is 9.80 Å². The summed E-state index contributed by atoms with van der Waals surface area (Å²) in [6.07, 6.45) is 2.45. The van der Waals surface area contributed by atoms with E-state index in [2.05, 4.69) is 14.5 Å². The van der Waals surface area contributed by atoms with Crippen molar-refractivity contribution in [2.75, 3.05) is 32.7 Å². The van der Waals surface area contributed by atoms with Gasteiger partial charge in [0.15, 0.2) is 0 Å². The fraction of sp³-hybridized carbons (Fsp3) is 0.739. The van der Waals surface area contributed by atoms with E-state index in [9.17, 15) is 18.3 Å². The van der Waals surface area contributed by atoms with Gasteiger partial charge in [0.1, 0.15) is 5.75 Å². The molecule has 184 valence electrons. The molecule has 0 spiro atoms. The van der Waals surface area contributed by atoms with Gasteiger partial charge >= 0.3 is 6.36 Å². The molecule has 3 aliphatic rings. The largest absolute Gasteiger partial charge is 0.573 e. The Bertz CT molecular complexity index is 710. The number of fused-ring (bicyclic) bond motifs is 1. The number of aliphatic hydroxyl groups excluding tert-OH is 1. The molecule has 4 nitrogen and oxygen atoms in total. The zero-order valence-electron chi connectivity index (χ0n) is 18.3. The fourth-order valence-corrected chi connectivity index (χ4v) is 5.70. The normalized spacial score (nSPS) is 28.1. The lowest BCUT2D eigenvalue weighted by molar-refractivity contribution is -0.274. The number of benzene rings is 1. The number of ether oxygens (including phenoxy) is 1. The van der Waals surface area contributed by atoms with Gasteiger partial charge in [0.05, 0.1) is 6.10 Å². The summed E-state index contributed by atoms with van der Waals surface area (Å²) in [5, 5.41) is 10.7. The molecule has 4 atom stereocenters. The van der Waals surface area contributed by atoms with E-state index in [1.54, 1.807) is 6.07 Å². The molecule has 2 aliphatic heterocycles. The van der Waals surface area contributed by atoms with Crippen molar-refractivity contribution in [1.29, 1.82) is 0 Å². The second-order valence-corrected chi connectivity index (χ2v) is 9.19. The SMILES string of the molecule is Cl.Cl.OC1CCCCC1[C@H](CN1CCN2CCCCC2C1)c1cccc(OC(F)(F)F)c1. The number of halogens is 5. The van der Waals surface area contributed by atoms with Crippen molar-refractivity contribution in [2.45, 2.75) is 69.4 Å². The Morgan fingerprint density at radius 1 is 1.00 bits per heavy atom. The molecule has 1 aromatic rings. The summed E-state index contributed by atoms with van der Waals surface area (Å²) < 4.78 is 42.4. The Morgan fingerprint density at radius 3 is 2.50 bits per heavy atom. The lowest BCUT2D eigenvalue weighted by atomic mass is 9.74. The Balaban J connectivity index is 0.00000181. The van der Waals surface area contributed by atoms with Crippen molar-refractivity contribution in [3.05, 3.63) is 29.8 Å². The van der Waals surface area contributed by atoms with Gasteiger partial charge in [-0.15, -0.1) is 38.0 Å². The minimum atomic E-state index is -4.70. The van der Waals surface area contributed by atoms with Crippen LogP contribution in [0.15, 0.2) is 24.3 Å². The average Bonchev–Trinajstić information content (AvgIpc) is 2.71. The summed E-state index contributed by atoms with van der Waals surface area (Å²) in [4.78, 5) is 5.05. The molecular weight excluding hydrogens is 464 g/mol. The van der Waals surface area contributed by atoms with Crippen LogP contribution in [0.3, 0.4) is 0 Å². The van der Waals surface area contributed by atoms with Crippen LogP contribution >= 0.6 is 24.8 Å². The summed E-state index contributed by atoms with van der Waals surface area (Å²) in [6.45, 7) is 5.01. The van der Waals surface area contributed by atoms with Crippen molar-refractivity contribution in [3.63, 3.8) is 0 Å². The predicted molar refractivity (Wildman–Crippen MR) is 124 cm³/mol. The van der Waals surface area contributed by atoms with Crippen LogP contribution in [0, 0.1) is 5.92 Å². The molecule has 2 heterocycles. The van der Waals surface area contributed by atoms with Gasteiger partial charge in [-0.05, 0) is 55.8 Å². The third kappa shape index (κ3) is 7.13. The van der Waals surface area contributed by atoms with Gasteiger partial charge in [0.25, 0.3) is 0 Å². The molecule has 0 aromatic heterocycles. The summed E-state index contributed by atoms with van der Waals surface area (Å²) in [5.41, 5.74) is 0.841. The Hall–Kier alpha value is -0.730. The van der Waals surface area contributed by atoms with Crippen molar-refractivity contribution in [2.24, 2.45) is 5.92 Å². The molecular formula is C23H35Cl2F3N2O2. The standard InChI is InChI=1S/C23H33F3N2O2.2ClH/c24-23(25,26)30-19-8-5-6-17(14-19)21(20-9-1-2-10-22(20)29)16-27-12-13-28-11-4-3-7-18(28)15-27;;/h5-6,8,14,18,20-22,29H,1-4,7,9-13,15-16H2;2*1H/t18?,20?,21-,22?;;/m1../s1. The predicted octanol–water partition coefficient (Wildman–Crippen LogP) is 5.23. The molecule has 9 heteroatoms. The average molecular weight is 499 g/mol. The van der Waals surface area contributed by atoms with Gasteiger partial charge in [-0.3, -0.25) is 9.80 Å². The molecule has 1 aromatic carbocycles. The van der Waals surface area contributed by atoms with Gasteiger partial charge in [-0.1, -0.05) is 31.4 Å². The molecule has 0 bridgehead atoms. The van der Waals surface area contributed by atoms with Gasteiger partial charge in [0, 0.05) is 38.1 Å². The third-order valence-corrected chi connectivity index (χ3v) is 7.19. The van der Waals surface area contributed by atoms with Crippen LogP contribution in [0.5, 0.6) is 5.75 Å². The monoisotopic (exact) mass is 498 g/mol. The maximum atomic E-state index is 12.7. The zero-order valence-corrected chi connectivity index (χ0v) is 19.9. The van der Waals surface area contributed by atoms with E-state index in [4.69, 9.17) is 0 Å². The summed E-state index contributed by atoms with van der Waals surface area (Å²) >= 11 is 0. The quantitative estimate of drug-likeness (QED) is 0.602. The minimum Gasteiger partial charge on any atom is -0.406 e. The molecule has 0 amide bonds. The van der Waals surface area contributed by atoms with Crippen LogP contribution in [0.2, 0.25) is 0 Å². The molecule has 1 saturated carbocycles. The van der Waals surface area contributed by atoms with Crippen molar-refractivity contribution in [3.8, 4) is 5.75 Å². The molecule has 32 heavy (non-hydrogen) atoms. The molecule has 2 saturated heterocycles. The second kappa shape index (κ2) is 12.1. The van der Waals surface area contributed by atoms with Crippen LogP contribution in [-0.4, -0.2) is 66.1 Å². The van der Waals surface area contributed by atoms with Crippen LogP contribution in [0.4, 0.5) is 13.2 Å². The van der Waals surface area contributed by atoms with Gasteiger partial charge in [-0.2, -0.15) is 0 Å². The highest BCUT2D eigenvalue weighted by atomic mass is 35.5. The number of piperazine rings is 1. The van der Waals surface area contributed by atoms with Crippen LogP contribution in [-0.2, 0) is 0 Å². The fourth-order valence-electron chi connectivity index (χ4n) is 5.70. The molecule has 3 fully saturated rings. The number of hydrogen-bond donors (Lipinski definition) is 1. The number of aliphatic hydroxyl groups is 1. The highest BCUT2D eigenvalue weighted by Crippen LogP contribution is 2.39.